The van der Waals surface area contributed by atoms with E-state index < -0.39 is 35.6 Å². The lowest BCUT2D eigenvalue weighted by molar-refractivity contribution is -0.148. The van der Waals surface area contributed by atoms with Crippen molar-refractivity contribution in [3.8, 4) is 0 Å². The van der Waals surface area contributed by atoms with Gasteiger partial charge in [0.1, 0.15) is 11.0 Å². The van der Waals surface area contributed by atoms with Crippen LogP contribution in [0.4, 0.5) is 0 Å². The first kappa shape index (κ1) is 45.0. The number of carbonyl (C=O) groups excluding carboxylic acids is 4. The standard InChI is InChI=1S/C41H66N6O6S/c1-12-27(4)35(46(9)39(50)34(26(2)3)45-40(51)41(6,7)25-42-8)32(52-10)24-33(48)47-21-16-19-31(47)36(53-11)28(5)37(49)44-30(38-43-20-22-54-38)23-29-17-14-13-15-18-29/h13-15,17-18,20,22,26-28,30-32,34-36,42H,12,16,19,21,23-25H2,1-11H3,(H,44,49)(H,45,51). The summed E-state index contributed by atoms with van der Waals surface area (Å²) in [6, 6.07) is 8.21. The van der Waals surface area contributed by atoms with Gasteiger partial charge < -0.3 is 35.2 Å². The van der Waals surface area contributed by atoms with E-state index in [1.807, 2.05) is 75.2 Å². The minimum Gasteiger partial charge on any atom is -0.379 e. The van der Waals surface area contributed by atoms with Crippen molar-refractivity contribution in [2.75, 3.05) is 41.4 Å². The molecule has 0 saturated carbocycles. The number of likely N-dealkylation sites (tertiary alicyclic amines) is 1. The van der Waals surface area contributed by atoms with Gasteiger partial charge in [-0.05, 0) is 57.6 Å². The van der Waals surface area contributed by atoms with Crippen LogP contribution in [0.5, 0.6) is 0 Å². The number of rotatable bonds is 21. The molecule has 1 saturated heterocycles. The van der Waals surface area contributed by atoms with E-state index >= 15 is 0 Å². The highest BCUT2D eigenvalue weighted by Crippen LogP contribution is 2.30. The summed E-state index contributed by atoms with van der Waals surface area (Å²) in [4.78, 5) is 63.6. The molecular weight excluding hydrogens is 705 g/mol. The highest BCUT2D eigenvalue weighted by atomic mass is 32.1. The fourth-order valence-electron chi connectivity index (χ4n) is 7.66. The summed E-state index contributed by atoms with van der Waals surface area (Å²) in [5.41, 5.74) is 0.378. The molecule has 13 heteroatoms. The summed E-state index contributed by atoms with van der Waals surface area (Å²) in [6.07, 6.45) is 3.48. The van der Waals surface area contributed by atoms with Crippen molar-refractivity contribution in [3.63, 3.8) is 0 Å². The molecule has 1 aromatic carbocycles. The Bertz CT molecular complexity index is 1470. The minimum absolute atomic E-state index is 0.00701. The Kier molecular flexibility index (Phi) is 17.5. The van der Waals surface area contributed by atoms with E-state index in [1.54, 1.807) is 39.4 Å². The smallest absolute Gasteiger partial charge is 0.245 e. The van der Waals surface area contributed by atoms with Gasteiger partial charge in [-0.25, -0.2) is 4.98 Å². The topological polar surface area (TPSA) is 142 Å². The molecule has 1 aromatic heterocycles. The van der Waals surface area contributed by atoms with Crippen molar-refractivity contribution >= 4 is 35.0 Å². The van der Waals surface area contributed by atoms with Crippen LogP contribution in [0.25, 0.3) is 0 Å². The molecule has 3 N–H and O–H groups in total. The number of ether oxygens (including phenoxy) is 2. The molecule has 54 heavy (non-hydrogen) atoms. The van der Waals surface area contributed by atoms with Crippen molar-refractivity contribution in [1.82, 2.24) is 30.7 Å². The van der Waals surface area contributed by atoms with Gasteiger partial charge in [-0.2, -0.15) is 0 Å². The zero-order chi connectivity index (χ0) is 40.2. The van der Waals surface area contributed by atoms with Gasteiger partial charge in [-0.15, -0.1) is 11.3 Å². The fraction of sp³-hybridized carbons (Fsp3) is 0.683. The van der Waals surface area contributed by atoms with Crippen LogP contribution in [0.2, 0.25) is 0 Å². The molecule has 3 rings (SSSR count). The second kappa shape index (κ2) is 21.1. The molecule has 0 spiro atoms. The van der Waals surface area contributed by atoms with Crippen LogP contribution >= 0.6 is 11.3 Å². The number of methoxy groups -OCH3 is 2. The Morgan fingerprint density at radius 3 is 2.30 bits per heavy atom. The summed E-state index contributed by atoms with van der Waals surface area (Å²) in [7, 11) is 6.71. The van der Waals surface area contributed by atoms with Gasteiger partial charge in [0.2, 0.25) is 23.6 Å². The highest BCUT2D eigenvalue weighted by molar-refractivity contribution is 7.09. The average Bonchev–Trinajstić information content (AvgIpc) is 3.87. The number of hydrogen-bond acceptors (Lipinski definition) is 9. The number of carbonyl (C=O) groups is 4. The lowest BCUT2D eigenvalue weighted by Crippen LogP contribution is -2.59. The number of amides is 4. The number of nitrogens with one attached hydrogen (secondary N) is 3. The maximum absolute atomic E-state index is 14.3. The van der Waals surface area contributed by atoms with Crippen LogP contribution in [0.3, 0.4) is 0 Å². The predicted molar refractivity (Wildman–Crippen MR) is 214 cm³/mol. The largest absolute Gasteiger partial charge is 0.379 e. The van der Waals surface area contributed by atoms with E-state index in [2.05, 4.69) is 34.8 Å². The van der Waals surface area contributed by atoms with Gasteiger partial charge in [0.15, 0.2) is 0 Å². The van der Waals surface area contributed by atoms with E-state index in [9.17, 15) is 19.2 Å². The summed E-state index contributed by atoms with van der Waals surface area (Å²) in [6.45, 7) is 14.5. The monoisotopic (exact) mass is 770 g/mol. The molecule has 1 aliphatic heterocycles. The molecule has 0 radical (unpaired) electrons. The minimum atomic E-state index is -0.751. The first-order valence-corrected chi connectivity index (χ1v) is 20.3. The van der Waals surface area contributed by atoms with Crippen LogP contribution in [0, 0.1) is 23.2 Å². The van der Waals surface area contributed by atoms with Crippen LogP contribution in [0.1, 0.15) is 90.8 Å². The van der Waals surface area contributed by atoms with Crippen molar-refractivity contribution in [3.05, 3.63) is 52.5 Å². The van der Waals surface area contributed by atoms with Crippen LogP contribution in [-0.4, -0.2) is 110 Å². The SMILES string of the molecule is CCC(C)C(C(CC(=O)N1CCCC1C(OC)C(C)C(=O)NC(Cc1ccccc1)c1nccs1)OC)N(C)C(=O)C(NC(=O)C(C)(C)CNC)C(C)C. The van der Waals surface area contributed by atoms with Gasteiger partial charge in [0.25, 0.3) is 0 Å². The number of nitrogens with zero attached hydrogens (tertiary/aromatic N) is 3. The van der Waals surface area contributed by atoms with E-state index in [1.165, 1.54) is 11.3 Å². The Morgan fingerprint density at radius 1 is 1.06 bits per heavy atom. The molecular formula is C41H66N6O6S. The predicted octanol–water partition coefficient (Wildman–Crippen LogP) is 4.85. The fourth-order valence-corrected chi connectivity index (χ4v) is 8.35. The Hall–Kier alpha value is -3.39. The Balaban J connectivity index is 1.78. The average molecular weight is 771 g/mol. The number of thiazole rings is 1. The molecule has 1 aliphatic rings. The molecule has 8 unspecified atom stereocenters. The molecule has 2 heterocycles. The van der Waals surface area contributed by atoms with Crippen molar-refractivity contribution in [2.24, 2.45) is 23.2 Å². The van der Waals surface area contributed by atoms with Crippen LogP contribution in [-0.2, 0) is 35.1 Å². The third kappa shape index (κ3) is 11.6. The molecule has 2 aromatic rings. The number of aromatic nitrogens is 1. The third-order valence-electron chi connectivity index (χ3n) is 11.1. The first-order valence-electron chi connectivity index (χ1n) is 19.4. The van der Waals surface area contributed by atoms with E-state index in [0.717, 1.165) is 23.4 Å². The van der Waals surface area contributed by atoms with Gasteiger partial charge in [0, 0.05) is 45.9 Å². The van der Waals surface area contributed by atoms with E-state index in [4.69, 9.17) is 9.47 Å². The van der Waals surface area contributed by atoms with Gasteiger partial charge in [-0.1, -0.05) is 71.4 Å². The number of hydrogen-bond donors (Lipinski definition) is 3. The number of likely N-dealkylation sites (N-methyl/N-ethyl adjacent to an activating group) is 1. The van der Waals surface area contributed by atoms with Gasteiger partial charge in [-0.3, -0.25) is 19.2 Å². The second-order valence-corrected chi connectivity index (χ2v) is 16.7. The lowest BCUT2D eigenvalue weighted by Gasteiger charge is -2.41. The molecule has 0 bridgehead atoms. The zero-order valence-electron chi connectivity index (χ0n) is 34.4. The first-order chi connectivity index (χ1) is 25.6. The molecule has 1 fully saturated rings. The summed E-state index contributed by atoms with van der Waals surface area (Å²) in [5.74, 6) is -1.43. The van der Waals surface area contributed by atoms with Crippen molar-refractivity contribution < 1.29 is 28.7 Å². The van der Waals surface area contributed by atoms with Gasteiger partial charge >= 0.3 is 0 Å². The highest BCUT2D eigenvalue weighted by Gasteiger charge is 2.43. The Morgan fingerprint density at radius 2 is 1.74 bits per heavy atom. The van der Waals surface area contributed by atoms with Crippen LogP contribution < -0.4 is 16.0 Å². The number of benzene rings is 1. The summed E-state index contributed by atoms with van der Waals surface area (Å²) >= 11 is 1.51. The molecule has 0 aliphatic carbocycles. The molecule has 302 valence electrons. The normalized spacial score (nSPS) is 18.7. The maximum Gasteiger partial charge on any atom is 0.245 e. The maximum atomic E-state index is 14.3. The second-order valence-electron chi connectivity index (χ2n) is 15.8. The van der Waals surface area contributed by atoms with Gasteiger partial charge in [0.05, 0.1) is 48.1 Å². The van der Waals surface area contributed by atoms with Crippen molar-refractivity contribution in [2.45, 2.75) is 117 Å². The molecule has 12 nitrogen and oxygen atoms in total. The van der Waals surface area contributed by atoms with E-state index in [-0.39, 0.29) is 54.0 Å². The zero-order valence-corrected chi connectivity index (χ0v) is 35.2. The quantitative estimate of drug-likeness (QED) is 0.164. The van der Waals surface area contributed by atoms with E-state index in [0.29, 0.717) is 25.9 Å². The third-order valence-corrected chi connectivity index (χ3v) is 11.9. The van der Waals surface area contributed by atoms with Crippen LogP contribution in [0.15, 0.2) is 41.9 Å². The summed E-state index contributed by atoms with van der Waals surface area (Å²) < 4.78 is 12.1. The lowest BCUT2D eigenvalue weighted by atomic mass is 9.88. The molecule has 8 atom stereocenters. The summed E-state index contributed by atoms with van der Waals surface area (Å²) in [5, 5.41) is 12.0. The van der Waals surface area contributed by atoms with Crippen molar-refractivity contribution in [1.29, 1.82) is 0 Å². The Labute approximate surface area is 327 Å². The molecule has 4 amide bonds.